The van der Waals surface area contributed by atoms with Gasteiger partial charge in [-0.2, -0.15) is 0 Å². The molecule has 0 unspecified atom stereocenters. The van der Waals surface area contributed by atoms with E-state index >= 15 is 0 Å². The number of benzene rings is 3. The summed E-state index contributed by atoms with van der Waals surface area (Å²) >= 11 is 7.58. The maximum Gasteiger partial charge on any atom is 0.338 e. The van der Waals surface area contributed by atoms with Crippen LogP contribution in [0.4, 0.5) is 0 Å². The van der Waals surface area contributed by atoms with Crippen LogP contribution < -0.4 is 24.4 Å². The highest BCUT2D eigenvalue weighted by atomic mass is 35.5. The molecule has 7 nitrogen and oxygen atoms in total. The minimum Gasteiger partial charge on any atom is -0.496 e. The number of ether oxygens (including phenoxy) is 3. The standard InChI is InChI=1S/C31H27ClN2O5S/c1-18-5-7-21(8-6-18)17-39-23-12-9-20(10-13-23)15-26-29(35)34-28(24-16-22(32)11-14-25(24)37-3)27(30(36)38-4)19(2)33-31(34)40-26/h5-16,28H,17H2,1-4H3/b26-15-/t28-/m1/s1. The number of aryl methyl sites for hydroxylation is 1. The average Bonchev–Trinajstić information content (AvgIpc) is 3.26. The summed E-state index contributed by atoms with van der Waals surface area (Å²) in [6.45, 7) is 4.24. The topological polar surface area (TPSA) is 79.1 Å². The van der Waals surface area contributed by atoms with E-state index in [1.165, 1.54) is 35.7 Å². The van der Waals surface area contributed by atoms with Gasteiger partial charge < -0.3 is 14.2 Å². The van der Waals surface area contributed by atoms with Crippen LogP contribution in [0.3, 0.4) is 0 Å². The largest absolute Gasteiger partial charge is 0.496 e. The lowest BCUT2D eigenvalue weighted by Crippen LogP contribution is -2.40. The molecule has 40 heavy (non-hydrogen) atoms. The number of hydrogen-bond acceptors (Lipinski definition) is 7. The second-order valence-electron chi connectivity index (χ2n) is 9.30. The van der Waals surface area contributed by atoms with Gasteiger partial charge >= 0.3 is 5.97 Å². The molecule has 1 aromatic heterocycles. The number of carbonyl (C=O) groups excluding carboxylic acids is 1. The normalized spacial score (nSPS) is 14.9. The Bertz CT molecular complexity index is 1790. The highest BCUT2D eigenvalue weighted by Crippen LogP contribution is 2.37. The second kappa shape index (κ2) is 11.5. The third-order valence-corrected chi connectivity index (χ3v) is 7.84. The Hall–Kier alpha value is -4.14. The molecule has 1 atom stereocenters. The van der Waals surface area contributed by atoms with Crippen LogP contribution in [0, 0.1) is 6.92 Å². The van der Waals surface area contributed by atoms with Gasteiger partial charge in [-0.3, -0.25) is 9.36 Å². The molecule has 1 aliphatic heterocycles. The molecule has 0 bridgehead atoms. The van der Waals surface area contributed by atoms with Gasteiger partial charge in [0.05, 0.1) is 30.0 Å². The van der Waals surface area contributed by atoms with Gasteiger partial charge in [0, 0.05) is 10.6 Å². The van der Waals surface area contributed by atoms with E-state index in [2.05, 4.69) is 17.1 Å². The van der Waals surface area contributed by atoms with Crippen molar-refractivity contribution in [3.8, 4) is 11.5 Å². The van der Waals surface area contributed by atoms with Gasteiger partial charge in [-0.15, -0.1) is 0 Å². The molecular weight excluding hydrogens is 548 g/mol. The minimum atomic E-state index is -0.822. The van der Waals surface area contributed by atoms with Crippen LogP contribution in [0.25, 0.3) is 6.08 Å². The lowest BCUT2D eigenvalue weighted by atomic mass is 9.95. The van der Waals surface area contributed by atoms with Gasteiger partial charge in [-0.05, 0) is 61.4 Å². The van der Waals surface area contributed by atoms with Crippen molar-refractivity contribution in [2.45, 2.75) is 26.5 Å². The first-order valence-corrected chi connectivity index (χ1v) is 13.7. The molecule has 2 heterocycles. The Morgan fingerprint density at radius 1 is 1.05 bits per heavy atom. The maximum atomic E-state index is 13.8. The predicted octanol–water partition coefficient (Wildman–Crippen LogP) is 4.96. The third kappa shape index (κ3) is 5.46. The Kier molecular flexibility index (Phi) is 7.91. The number of allylic oxidation sites excluding steroid dienone is 1. The molecular formula is C31H27ClN2O5S. The summed E-state index contributed by atoms with van der Waals surface area (Å²) in [5, 5.41) is 0.446. The number of hydrogen-bond donors (Lipinski definition) is 0. The number of nitrogens with zero attached hydrogens (tertiary/aromatic N) is 2. The first-order valence-electron chi connectivity index (χ1n) is 12.5. The summed E-state index contributed by atoms with van der Waals surface area (Å²) in [7, 11) is 2.83. The van der Waals surface area contributed by atoms with E-state index in [0.717, 1.165) is 16.9 Å². The summed E-state index contributed by atoms with van der Waals surface area (Å²) in [5.41, 5.74) is 4.10. The number of thiazole rings is 1. The molecule has 4 aromatic rings. The van der Waals surface area contributed by atoms with Gasteiger partial charge in [0.25, 0.3) is 5.56 Å². The highest BCUT2D eigenvalue weighted by Gasteiger charge is 2.35. The molecule has 5 rings (SSSR count). The van der Waals surface area contributed by atoms with E-state index < -0.39 is 12.0 Å². The highest BCUT2D eigenvalue weighted by molar-refractivity contribution is 7.07. The van der Waals surface area contributed by atoms with E-state index in [1.807, 2.05) is 43.3 Å². The Morgan fingerprint density at radius 2 is 1.77 bits per heavy atom. The van der Waals surface area contributed by atoms with Crippen molar-refractivity contribution < 1.29 is 19.0 Å². The Morgan fingerprint density at radius 3 is 2.45 bits per heavy atom. The SMILES string of the molecule is COC(=O)C1=C(C)N=c2s/c(=C\c3ccc(OCc4ccc(C)cc4)cc3)c(=O)n2[C@@H]1c1cc(Cl)ccc1OC. The van der Waals surface area contributed by atoms with E-state index in [-0.39, 0.29) is 11.1 Å². The zero-order valence-corrected chi connectivity index (χ0v) is 24.0. The fraction of sp³-hybridized carbons (Fsp3) is 0.194. The van der Waals surface area contributed by atoms with Crippen molar-refractivity contribution in [3.63, 3.8) is 0 Å². The second-order valence-corrected chi connectivity index (χ2v) is 10.7. The predicted molar refractivity (Wildman–Crippen MR) is 156 cm³/mol. The van der Waals surface area contributed by atoms with Crippen molar-refractivity contribution in [3.05, 3.63) is 125 Å². The Balaban J connectivity index is 1.53. The van der Waals surface area contributed by atoms with E-state index in [4.69, 9.17) is 25.8 Å². The third-order valence-electron chi connectivity index (χ3n) is 6.62. The van der Waals surface area contributed by atoms with Crippen molar-refractivity contribution in [1.29, 1.82) is 0 Å². The molecule has 0 N–H and O–H groups in total. The molecule has 0 radical (unpaired) electrons. The fourth-order valence-electron chi connectivity index (χ4n) is 4.57. The molecule has 0 aliphatic carbocycles. The van der Waals surface area contributed by atoms with Gasteiger partial charge in [-0.25, -0.2) is 9.79 Å². The van der Waals surface area contributed by atoms with E-state index in [1.54, 1.807) is 31.2 Å². The van der Waals surface area contributed by atoms with Gasteiger partial charge in [0.1, 0.15) is 24.1 Å². The van der Waals surface area contributed by atoms with Crippen LogP contribution in [-0.2, 0) is 16.1 Å². The summed E-state index contributed by atoms with van der Waals surface area (Å²) in [6.07, 6.45) is 1.80. The quantitative estimate of drug-likeness (QED) is 0.292. The average molecular weight is 575 g/mol. The number of aromatic nitrogens is 1. The van der Waals surface area contributed by atoms with E-state index in [0.29, 0.717) is 38.0 Å². The zero-order valence-electron chi connectivity index (χ0n) is 22.4. The molecule has 1 aliphatic rings. The molecule has 0 saturated heterocycles. The molecule has 9 heteroatoms. The van der Waals surface area contributed by atoms with Gasteiger partial charge in [0.2, 0.25) is 0 Å². The molecule has 0 spiro atoms. The first-order chi connectivity index (χ1) is 19.3. The first kappa shape index (κ1) is 27.4. The number of halogens is 1. The summed E-state index contributed by atoms with van der Waals surface area (Å²) in [4.78, 5) is 31.8. The van der Waals surface area contributed by atoms with Crippen LogP contribution in [-0.4, -0.2) is 24.8 Å². The summed E-state index contributed by atoms with van der Waals surface area (Å²) in [6, 6.07) is 20.0. The number of rotatable bonds is 7. The summed E-state index contributed by atoms with van der Waals surface area (Å²) in [5.74, 6) is 0.635. The van der Waals surface area contributed by atoms with Crippen LogP contribution in [0.1, 0.15) is 35.2 Å². The van der Waals surface area contributed by atoms with Crippen LogP contribution in [0.2, 0.25) is 5.02 Å². The molecule has 204 valence electrons. The fourth-order valence-corrected chi connectivity index (χ4v) is 5.80. The summed E-state index contributed by atoms with van der Waals surface area (Å²) < 4.78 is 18.5. The van der Waals surface area contributed by atoms with Crippen LogP contribution in [0.15, 0.2) is 87.8 Å². The molecule has 0 fully saturated rings. The van der Waals surface area contributed by atoms with E-state index in [9.17, 15) is 9.59 Å². The molecule has 3 aromatic carbocycles. The number of esters is 1. The number of fused-ring (bicyclic) bond motifs is 1. The van der Waals surface area contributed by atoms with Crippen molar-refractivity contribution in [2.24, 2.45) is 4.99 Å². The lowest BCUT2D eigenvalue weighted by molar-refractivity contribution is -0.136. The smallest absolute Gasteiger partial charge is 0.338 e. The van der Waals surface area contributed by atoms with Crippen molar-refractivity contribution >= 4 is 35.0 Å². The zero-order chi connectivity index (χ0) is 28.4. The monoisotopic (exact) mass is 574 g/mol. The minimum absolute atomic E-state index is 0.247. The van der Waals surface area contributed by atoms with Crippen LogP contribution >= 0.6 is 22.9 Å². The van der Waals surface area contributed by atoms with Crippen LogP contribution in [0.5, 0.6) is 11.5 Å². The number of carbonyl (C=O) groups is 1. The Labute approximate surface area is 240 Å². The lowest BCUT2D eigenvalue weighted by Gasteiger charge is -2.25. The number of methoxy groups -OCH3 is 2. The van der Waals surface area contributed by atoms with Gasteiger partial charge in [0.15, 0.2) is 4.80 Å². The van der Waals surface area contributed by atoms with Crippen molar-refractivity contribution in [1.82, 2.24) is 4.57 Å². The maximum absolute atomic E-state index is 13.8. The van der Waals surface area contributed by atoms with Gasteiger partial charge in [-0.1, -0.05) is 64.9 Å². The molecule has 0 saturated carbocycles. The molecule has 0 amide bonds. The van der Waals surface area contributed by atoms with Crippen molar-refractivity contribution in [2.75, 3.05) is 14.2 Å².